The molecule has 0 radical (unpaired) electrons. The predicted octanol–water partition coefficient (Wildman–Crippen LogP) is 5.41. The van der Waals surface area contributed by atoms with E-state index in [-0.39, 0.29) is 12.1 Å². The van der Waals surface area contributed by atoms with Gasteiger partial charge in [-0.15, -0.1) is 5.54 Å². The fraction of sp³-hybridized carbons (Fsp3) is 0.864. The van der Waals surface area contributed by atoms with E-state index < -0.39 is 19.3 Å². The molecule has 27 heavy (non-hydrogen) atoms. The van der Waals surface area contributed by atoms with Gasteiger partial charge in [0.2, 0.25) is 0 Å². The molecule has 0 bridgehead atoms. The first-order valence-corrected chi connectivity index (χ1v) is 12.7. The minimum atomic E-state index is -1.84. The first-order valence-electron chi connectivity index (χ1n) is 10.5. The summed E-state index contributed by atoms with van der Waals surface area (Å²) >= 11 is 0. The number of alkyl carbamates (subject to hydrolysis) is 1. The summed E-state index contributed by atoms with van der Waals surface area (Å²) in [5, 5.41) is 14.0. The Morgan fingerprint density at radius 1 is 1.07 bits per heavy atom. The topological polar surface area (TPSA) is 58.6 Å². The normalized spacial score (nSPS) is 24.0. The summed E-state index contributed by atoms with van der Waals surface area (Å²) < 4.78 is 5.33. The van der Waals surface area contributed by atoms with Crippen molar-refractivity contribution in [2.24, 2.45) is 0 Å². The highest BCUT2D eigenvalue weighted by molar-refractivity contribution is 6.90. The van der Waals surface area contributed by atoms with Crippen LogP contribution < -0.4 is 5.32 Å². The summed E-state index contributed by atoms with van der Waals surface area (Å²) in [6, 6.07) is 0.0456. The maximum atomic E-state index is 12.0. The standard InChI is InChI=1S/C22H41NO3Si/c1-16(2)27(17(3)4,18(5)6)15-14-22(25)12-10-19(11-13-22)23-20(24)26-21(7,8)9/h16-19,25H,10-13H2,1-9H3,(H,23,24)/t19-,22+. The average molecular weight is 396 g/mol. The molecule has 2 N–H and O–H groups in total. The van der Waals surface area contributed by atoms with Gasteiger partial charge in [0.15, 0.2) is 0 Å². The zero-order valence-electron chi connectivity index (χ0n) is 18.9. The molecule has 0 aliphatic heterocycles. The van der Waals surface area contributed by atoms with Crippen LogP contribution in [0.1, 0.15) is 88.0 Å². The molecule has 4 nitrogen and oxygen atoms in total. The number of hydrogen-bond acceptors (Lipinski definition) is 3. The van der Waals surface area contributed by atoms with E-state index in [1.807, 2.05) is 20.8 Å². The molecule has 1 amide bonds. The van der Waals surface area contributed by atoms with Crippen LogP contribution in [-0.2, 0) is 4.74 Å². The molecule has 0 aromatic heterocycles. The largest absolute Gasteiger partial charge is 0.444 e. The lowest BCUT2D eigenvalue weighted by Crippen LogP contribution is -2.46. The number of carbonyl (C=O) groups is 1. The van der Waals surface area contributed by atoms with Gasteiger partial charge in [0.05, 0.1) is 0 Å². The fourth-order valence-corrected chi connectivity index (χ4v) is 9.81. The molecule has 1 rings (SSSR count). The van der Waals surface area contributed by atoms with Crippen molar-refractivity contribution in [1.29, 1.82) is 0 Å². The molecular formula is C22H41NO3Si. The van der Waals surface area contributed by atoms with Crippen LogP contribution in [0.5, 0.6) is 0 Å². The molecule has 5 heteroatoms. The molecule has 0 aromatic carbocycles. The summed E-state index contributed by atoms with van der Waals surface area (Å²) in [6.07, 6.45) is 2.27. The van der Waals surface area contributed by atoms with E-state index in [9.17, 15) is 9.90 Å². The molecule has 0 saturated heterocycles. The molecule has 1 saturated carbocycles. The molecular weight excluding hydrogens is 354 g/mol. The molecule has 1 aliphatic rings. The van der Waals surface area contributed by atoms with Crippen LogP contribution in [-0.4, -0.2) is 36.5 Å². The Morgan fingerprint density at radius 2 is 1.52 bits per heavy atom. The Labute approximate surface area is 167 Å². The van der Waals surface area contributed by atoms with Crippen LogP contribution in [0.2, 0.25) is 16.6 Å². The van der Waals surface area contributed by atoms with Crippen molar-refractivity contribution >= 4 is 14.2 Å². The van der Waals surface area contributed by atoms with Gasteiger partial charge < -0.3 is 15.2 Å². The monoisotopic (exact) mass is 395 g/mol. The second-order valence-corrected chi connectivity index (χ2v) is 15.7. The highest BCUT2D eigenvalue weighted by atomic mass is 28.3. The van der Waals surface area contributed by atoms with Crippen LogP contribution >= 0.6 is 0 Å². The Morgan fingerprint density at radius 3 is 1.89 bits per heavy atom. The second kappa shape index (κ2) is 9.00. The highest BCUT2D eigenvalue weighted by Crippen LogP contribution is 2.41. The van der Waals surface area contributed by atoms with Crippen molar-refractivity contribution < 1.29 is 14.6 Å². The summed E-state index contributed by atoms with van der Waals surface area (Å²) in [4.78, 5) is 12.0. The number of rotatable bonds is 4. The van der Waals surface area contributed by atoms with Gasteiger partial charge in [-0.25, -0.2) is 4.79 Å². The van der Waals surface area contributed by atoms with E-state index in [1.165, 1.54) is 0 Å². The van der Waals surface area contributed by atoms with E-state index in [1.54, 1.807) is 0 Å². The van der Waals surface area contributed by atoms with Crippen LogP contribution in [0.15, 0.2) is 0 Å². The van der Waals surface area contributed by atoms with Crippen molar-refractivity contribution in [3.8, 4) is 11.5 Å². The molecule has 0 atom stereocenters. The van der Waals surface area contributed by atoms with E-state index in [4.69, 9.17) is 4.74 Å². The SMILES string of the molecule is CC(C)[Si](C#C[C@]1(O)CC[C@@H](NC(=O)OC(C)(C)C)CC1)(C(C)C)C(C)C. The fourth-order valence-electron chi connectivity index (χ4n) is 4.50. The van der Waals surface area contributed by atoms with Crippen molar-refractivity contribution in [2.45, 2.75) is 122 Å². The number of aliphatic hydroxyl groups is 1. The molecule has 156 valence electrons. The molecule has 1 fully saturated rings. The number of ether oxygens (including phenoxy) is 1. The Hall–Kier alpha value is -0.993. The lowest BCUT2D eigenvalue weighted by atomic mass is 9.83. The minimum Gasteiger partial charge on any atom is -0.444 e. The highest BCUT2D eigenvalue weighted by Gasteiger charge is 2.42. The third-order valence-corrected chi connectivity index (χ3v) is 12.2. The van der Waals surface area contributed by atoms with Crippen molar-refractivity contribution in [2.75, 3.05) is 0 Å². The van der Waals surface area contributed by atoms with E-state index in [0.717, 1.165) is 12.8 Å². The zero-order chi connectivity index (χ0) is 21.0. The van der Waals surface area contributed by atoms with Gasteiger partial charge in [-0.3, -0.25) is 0 Å². The summed E-state index contributed by atoms with van der Waals surface area (Å²) in [7, 11) is -1.84. The van der Waals surface area contributed by atoms with Crippen molar-refractivity contribution in [1.82, 2.24) is 5.32 Å². The van der Waals surface area contributed by atoms with Gasteiger partial charge in [0, 0.05) is 6.04 Å². The van der Waals surface area contributed by atoms with Gasteiger partial charge in [-0.05, 0) is 63.1 Å². The molecule has 1 aliphatic carbocycles. The van der Waals surface area contributed by atoms with Gasteiger partial charge in [0.25, 0.3) is 0 Å². The Kier molecular flexibility index (Phi) is 8.02. The second-order valence-electron chi connectivity index (χ2n) is 10.1. The molecule has 0 unspecified atom stereocenters. The summed E-state index contributed by atoms with van der Waals surface area (Å²) in [6.45, 7) is 19.3. The van der Waals surface area contributed by atoms with Gasteiger partial charge in [-0.1, -0.05) is 47.5 Å². The number of nitrogens with one attached hydrogen (secondary N) is 1. The average Bonchev–Trinajstić information content (AvgIpc) is 2.47. The number of carbonyl (C=O) groups excluding carboxylic acids is 1. The smallest absolute Gasteiger partial charge is 0.407 e. The van der Waals surface area contributed by atoms with E-state index >= 15 is 0 Å². The van der Waals surface area contributed by atoms with Gasteiger partial charge in [-0.2, -0.15) is 0 Å². The van der Waals surface area contributed by atoms with Crippen molar-refractivity contribution in [3.63, 3.8) is 0 Å². The Bertz CT molecular complexity index is 537. The van der Waals surface area contributed by atoms with E-state index in [0.29, 0.717) is 29.5 Å². The lowest BCUT2D eigenvalue weighted by molar-refractivity contribution is 0.0343. The maximum Gasteiger partial charge on any atom is 0.407 e. The minimum absolute atomic E-state index is 0.0456. The zero-order valence-corrected chi connectivity index (χ0v) is 19.9. The number of amides is 1. The predicted molar refractivity (Wildman–Crippen MR) is 115 cm³/mol. The quantitative estimate of drug-likeness (QED) is 0.494. The first kappa shape index (κ1) is 24.0. The molecule has 0 spiro atoms. The van der Waals surface area contributed by atoms with Crippen molar-refractivity contribution in [3.05, 3.63) is 0 Å². The van der Waals surface area contributed by atoms with E-state index in [2.05, 4.69) is 58.3 Å². The first-order chi connectivity index (χ1) is 12.2. The number of hydrogen-bond donors (Lipinski definition) is 2. The third kappa shape index (κ3) is 6.53. The maximum absolute atomic E-state index is 12.0. The third-order valence-electron chi connectivity index (χ3n) is 5.91. The molecule has 0 heterocycles. The van der Waals surface area contributed by atoms with Gasteiger partial charge in [0.1, 0.15) is 19.3 Å². The van der Waals surface area contributed by atoms with Crippen LogP contribution in [0, 0.1) is 11.5 Å². The summed E-state index contributed by atoms with van der Waals surface area (Å²) in [5.41, 5.74) is 3.89. The lowest BCUT2D eigenvalue weighted by Gasteiger charge is -2.39. The van der Waals surface area contributed by atoms with Crippen LogP contribution in [0.25, 0.3) is 0 Å². The van der Waals surface area contributed by atoms with Gasteiger partial charge >= 0.3 is 6.09 Å². The molecule has 0 aromatic rings. The van der Waals surface area contributed by atoms with Crippen LogP contribution in [0.4, 0.5) is 4.79 Å². The summed E-state index contributed by atoms with van der Waals surface area (Å²) in [5.74, 6) is 3.32. The Balaban J connectivity index is 2.80. The van der Waals surface area contributed by atoms with Crippen LogP contribution in [0.3, 0.4) is 0 Å².